The summed E-state index contributed by atoms with van der Waals surface area (Å²) in [7, 11) is 0. The van der Waals surface area contributed by atoms with E-state index >= 15 is 0 Å². The third kappa shape index (κ3) is 3.57. The van der Waals surface area contributed by atoms with Crippen LogP contribution in [-0.2, 0) is 6.42 Å². The maximum absolute atomic E-state index is 12.7. The number of anilines is 1. The van der Waals surface area contributed by atoms with Crippen molar-refractivity contribution in [2.45, 2.75) is 32.1 Å². The lowest BCUT2D eigenvalue weighted by atomic mass is 9.92. The SMILES string of the molecule is Cc1c(C(=O)Nc2ccc(C(C#N)c3ccccc3)cc2)oc2c1C(=O)CCC2. The molecule has 1 aliphatic carbocycles. The molecule has 5 heteroatoms. The number of carbonyl (C=O) groups is 2. The lowest BCUT2D eigenvalue weighted by molar-refractivity contribution is 0.0963. The van der Waals surface area contributed by atoms with Crippen LogP contribution in [0.15, 0.2) is 59.0 Å². The van der Waals surface area contributed by atoms with E-state index in [0.717, 1.165) is 17.5 Å². The number of nitrogens with zero attached hydrogens (tertiary/aromatic N) is 1. The number of hydrogen-bond donors (Lipinski definition) is 1. The summed E-state index contributed by atoms with van der Waals surface area (Å²) in [4.78, 5) is 24.8. The van der Waals surface area contributed by atoms with E-state index in [9.17, 15) is 14.9 Å². The third-order valence-corrected chi connectivity index (χ3v) is 5.28. The highest BCUT2D eigenvalue weighted by molar-refractivity contribution is 6.07. The van der Waals surface area contributed by atoms with Crippen LogP contribution in [0.5, 0.6) is 0 Å². The normalized spacial score (nSPS) is 14.0. The molecule has 2 aromatic carbocycles. The molecule has 0 spiro atoms. The second-order valence-corrected chi connectivity index (χ2v) is 7.18. The van der Waals surface area contributed by atoms with Crippen LogP contribution in [0.2, 0.25) is 0 Å². The number of carbonyl (C=O) groups excluding carboxylic acids is 2. The Balaban J connectivity index is 1.53. The van der Waals surface area contributed by atoms with Crippen molar-refractivity contribution in [3.05, 3.63) is 88.4 Å². The van der Waals surface area contributed by atoms with Gasteiger partial charge >= 0.3 is 0 Å². The van der Waals surface area contributed by atoms with E-state index in [0.29, 0.717) is 35.4 Å². The molecule has 0 saturated heterocycles. The van der Waals surface area contributed by atoms with E-state index in [1.165, 1.54) is 0 Å². The molecule has 0 fully saturated rings. The van der Waals surface area contributed by atoms with Crippen molar-refractivity contribution >= 4 is 17.4 Å². The molecule has 1 heterocycles. The first-order valence-electron chi connectivity index (χ1n) is 9.60. The van der Waals surface area contributed by atoms with Gasteiger partial charge in [0.15, 0.2) is 11.5 Å². The Labute approximate surface area is 169 Å². The van der Waals surface area contributed by atoms with Gasteiger partial charge in [0.1, 0.15) is 5.76 Å². The Morgan fingerprint density at radius 2 is 1.76 bits per heavy atom. The number of rotatable bonds is 4. The highest BCUT2D eigenvalue weighted by atomic mass is 16.4. The van der Waals surface area contributed by atoms with Gasteiger partial charge in [-0.15, -0.1) is 0 Å². The van der Waals surface area contributed by atoms with Gasteiger partial charge in [0, 0.05) is 24.1 Å². The monoisotopic (exact) mass is 384 g/mol. The molecule has 5 nitrogen and oxygen atoms in total. The number of aryl methyl sites for hydroxylation is 1. The lowest BCUT2D eigenvalue weighted by Crippen LogP contribution is -2.13. The Kier molecular flexibility index (Phi) is 5.01. The average molecular weight is 384 g/mol. The van der Waals surface area contributed by atoms with Crippen molar-refractivity contribution in [1.82, 2.24) is 0 Å². The number of Topliss-reactive ketones (excluding diaryl/α,β-unsaturated/α-hetero) is 1. The molecule has 1 aromatic heterocycles. The van der Waals surface area contributed by atoms with Gasteiger partial charge in [0.25, 0.3) is 5.91 Å². The predicted molar refractivity (Wildman–Crippen MR) is 109 cm³/mol. The topological polar surface area (TPSA) is 83.1 Å². The van der Waals surface area contributed by atoms with Gasteiger partial charge in [0.2, 0.25) is 0 Å². The molecule has 1 aliphatic rings. The summed E-state index contributed by atoms with van der Waals surface area (Å²) in [5.74, 6) is 0.0928. The van der Waals surface area contributed by atoms with Crippen molar-refractivity contribution in [2.24, 2.45) is 0 Å². The summed E-state index contributed by atoms with van der Waals surface area (Å²) in [6.07, 6.45) is 1.93. The number of ketones is 1. The summed E-state index contributed by atoms with van der Waals surface area (Å²) < 4.78 is 5.70. The molecular formula is C24H20N2O3. The zero-order valence-corrected chi connectivity index (χ0v) is 16.1. The van der Waals surface area contributed by atoms with Crippen LogP contribution in [0.3, 0.4) is 0 Å². The van der Waals surface area contributed by atoms with Gasteiger partial charge in [-0.3, -0.25) is 9.59 Å². The summed E-state index contributed by atoms with van der Waals surface area (Å²) >= 11 is 0. The summed E-state index contributed by atoms with van der Waals surface area (Å²) in [6, 6.07) is 19.1. The highest BCUT2D eigenvalue weighted by Gasteiger charge is 2.28. The van der Waals surface area contributed by atoms with Crippen LogP contribution in [0.1, 0.15) is 62.1 Å². The number of nitrogens with one attached hydrogen (secondary N) is 1. The predicted octanol–water partition coefficient (Wildman–Crippen LogP) is 5.01. The highest BCUT2D eigenvalue weighted by Crippen LogP contribution is 2.30. The van der Waals surface area contributed by atoms with Crippen LogP contribution in [0.25, 0.3) is 0 Å². The maximum atomic E-state index is 12.7. The first kappa shape index (κ1) is 18.7. The molecule has 1 atom stereocenters. The maximum Gasteiger partial charge on any atom is 0.291 e. The molecule has 0 bridgehead atoms. The first-order valence-corrected chi connectivity index (χ1v) is 9.60. The minimum Gasteiger partial charge on any atom is -0.455 e. The quantitative estimate of drug-likeness (QED) is 0.685. The van der Waals surface area contributed by atoms with E-state index in [4.69, 9.17) is 4.42 Å². The fourth-order valence-corrected chi connectivity index (χ4v) is 3.80. The molecule has 0 radical (unpaired) electrons. The van der Waals surface area contributed by atoms with E-state index in [2.05, 4.69) is 11.4 Å². The third-order valence-electron chi connectivity index (χ3n) is 5.28. The van der Waals surface area contributed by atoms with Crippen LogP contribution in [0.4, 0.5) is 5.69 Å². The molecule has 1 amide bonds. The van der Waals surface area contributed by atoms with Gasteiger partial charge in [-0.25, -0.2) is 0 Å². The smallest absolute Gasteiger partial charge is 0.291 e. The van der Waals surface area contributed by atoms with Crippen LogP contribution in [0, 0.1) is 18.3 Å². The molecule has 29 heavy (non-hydrogen) atoms. The number of fused-ring (bicyclic) bond motifs is 1. The molecular weight excluding hydrogens is 364 g/mol. The molecule has 144 valence electrons. The van der Waals surface area contributed by atoms with Crippen LogP contribution < -0.4 is 5.32 Å². The minimum atomic E-state index is -0.377. The number of benzene rings is 2. The standard InChI is InChI=1S/C24H20N2O3/c1-15-22-20(27)8-5-9-21(22)29-23(15)24(28)26-18-12-10-17(11-13-18)19(14-25)16-6-3-2-4-7-16/h2-4,6-7,10-13,19H,5,8-9H2,1H3,(H,26,28). The van der Waals surface area contributed by atoms with Gasteiger partial charge in [-0.2, -0.15) is 5.26 Å². The molecule has 4 rings (SSSR count). The summed E-state index contributed by atoms with van der Waals surface area (Å²) in [5.41, 5.74) is 3.55. The van der Waals surface area contributed by atoms with E-state index < -0.39 is 0 Å². The van der Waals surface area contributed by atoms with E-state index in [1.54, 1.807) is 19.1 Å². The number of furan rings is 1. The van der Waals surface area contributed by atoms with Gasteiger partial charge < -0.3 is 9.73 Å². The Morgan fingerprint density at radius 1 is 1.07 bits per heavy atom. The number of nitriles is 1. The molecule has 1 unspecified atom stereocenters. The fraction of sp³-hybridized carbons (Fsp3) is 0.208. The second-order valence-electron chi connectivity index (χ2n) is 7.18. The average Bonchev–Trinajstić information content (AvgIpc) is 3.08. The van der Waals surface area contributed by atoms with Crippen molar-refractivity contribution in [3.8, 4) is 6.07 Å². The van der Waals surface area contributed by atoms with Crippen LogP contribution in [-0.4, -0.2) is 11.7 Å². The zero-order chi connectivity index (χ0) is 20.4. The first-order chi connectivity index (χ1) is 14.1. The largest absolute Gasteiger partial charge is 0.455 e. The zero-order valence-electron chi connectivity index (χ0n) is 16.1. The van der Waals surface area contributed by atoms with Gasteiger partial charge in [0.05, 0.1) is 17.6 Å². The lowest BCUT2D eigenvalue weighted by Gasteiger charge is -2.11. The van der Waals surface area contributed by atoms with Crippen LogP contribution >= 0.6 is 0 Å². The van der Waals surface area contributed by atoms with Gasteiger partial charge in [-0.05, 0) is 36.6 Å². The van der Waals surface area contributed by atoms with Crippen molar-refractivity contribution < 1.29 is 14.0 Å². The molecule has 0 aliphatic heterocycles. The molecule has 1 N–H and O–H groups in total. The van der Waals surface area contributed by atoms with E-state index in [1.807, 2.05) is 42.5 Å². The molecule has 0 saturated carbocycles. The van der Waals surface area contributed by atoms with Crippen molar-refractivity contribution in [3.63, 3.8) is 0 Å². The number of amides is 1. The Morgan fingerprint density at radius 3 is 2.41 bits per heavy atom. The molecule has 3 aromatic rings. The minimum absolute atomic E-state index is 0.0411. The van der Waals surface area contributed by atoms with Crippen molar-refractivity contribution in [2.75, 3.05) is 5.32 Å². The van der Waals surface area contributed by atoms with Crippen molar-refractivity contribution in [1.29, 1.82) is 5.26 Å². The van der Waals surface area contributed by atoms with Gasteiger partial charge in [-0.1, -0.05) is 42.5 Å². The summed E-state index contributed by atoms with van der Waals surface area (Å²) in [6.45, 7) is 1.75. The Bertz CT molecular complexity index is 1110. The van der Waals surface area contributed by atoms with E-state index in [-0.39, 0.29) is 23.4 Å². The Hall–Kier alpha value is -3.65. The number of hydrogen-bond acceptors (Lipinski definition) is 4. The second kappa shape index (κ2) is 7.76. The summed E-state index contributed by atoms with van der Waals surface area (Å²) in [5, 5.41) is 12.4. The fourth-order valence-electron chi connectivity index (χ4n) is 3.80.